The van der Waals surface area contributed by atoms with Crippen LogP contribution in [0.25, 0.3) is 0 Å². The molecule has 0 atom stereocenters. The van der Waals surface area contributed by atoms with Crippen molar-refractivity contribution in [3.05, 3.63) is 22.7 Å². The average Bonchev–Trinajstić information content (AvgIpc) is 2.14. The van der Waals surface area contributed by atoms with Crippen molar-refractivity contribution in [2.45, 2.75) is 6.54 Å². The average molecular weight is 212 g/mol. The molecule has 0 aliphatic heterocycles. The molecule has 0 saturated carbocycles. The van der Waals surface area contributed by atoms with E-state index in [1.807, 2.05) is 0 Å². The molecular formula is C10H10ClNO2. The van der Waals surface area contributed by atoms with E-state index in [-0.39, 0.29) is 16.5 Å². The van der Waals surface area contributed by atoms with E-state index >= 15 is 0 Å². The zero-order chi connectivity index (χ0) is 10.6. The Morgan fingerprint density at radius 1 is 1.43 bits per heavy atom. The molecule has 1 aromatic carbocycles. The van der Waals surface area contributed by atoms with Gasteiger partial charge in [0.15, 0.2) is 11.5 Å². The second-order valence-corrected chi connectivity index (χ2v) is 3.16. The number of nitrogens with one attached hydrogen (secondary N) is 1. The highest BCUT2D eigenvalue weighted by molar-refractivity contribution is 6.32. The van der Waals surface area contributed by atoms with E-state index in [2.05, 4.69) is 11.2 Å². The summed E-state index contributed by atoms with van der Waals surface area (Å²) < 4.78 is 0. The molecule has 0 saturated heterocycles. The predicted molar refractivity (Wildman–Crippen MR) is 55.3 cm³/mol. The van der Waals surface area contributed by atoms with E-state index in [0.717, 1.165) is 5.56 Å². The van der Waals surface area contributed by atoms with Crippen LogP contribution in [0.5, 0.6) is 11.5 Å². The second kappa shape index (κ2) is 4.75. The van der Waals surface area contributed by atoms with E-state index in [0.29, 0.717) is 13.1 Å². The number of terminal acetylenes is 1. The molecule has 3 N–H and O–H groups in total. The maximum Gasteiger partial charge on any atom is 0.176 e. The van der Waals surface area contributed by atoms with E-state index in [9.17, 15) is 5.11 Å². The fraction of sp³-hybridized carbons (Fsp3) is 0.200. The van der Waals surface area contributed by atoms with Crippen LogP contribution in [0.4, 0.5) is 0 Å². The fourth-order valence-electron chi connectivity index (χ4n) is 1.02. The van der Waals surface area contributed by atoms with E-state index < -0.39 is 0 Å². The first-order valence-corrected chi connectivity index (χ1v) is 4.37. The summed E-state index contributed by atoms with van der Waals surface area (Å²) in [5.41, 5.74) is 0.764. The smallest absolute Gasteiger partial charge is 0.176 e. The number of hydrogen-bond acceptors (Lipinski definition) is 3. The third-order valence-corrected chi connectivity index (χ3v) is 1.95. The Balaban J connectivity index is 2.75. The maximum absolute atomic E-state index is 9.23. The van der Waals surface area contributed by atoms with Crippen LogP contribution in [-0.2, 0) is 6.54 Å². The normalized spacial score (nSPS) is 9.71. The molecule has 0 bridgehead atoms. The highest BCUT2D eigenvalue weighted by Crippen LogP contribution is 2.33. The third kappa shape index (κ3) is 2.56. The molecule has 0 aromatic heterocycles. The molecule has 1 aromatic rings. The molecule has 0 unspecified atom stereocenters. The summed E-state index contributed by atoms with van der Waals surface area (Å²) in [6, 6.07) is 3.00. The Kier molecular flexibility index (Phi) is 3.63. The summed E-state index contributed by atoms with van der Waals surface area (Å²) in [4.78, 5) is 0. The quantitative estimate of drug-likeness (QED) is 0.403. The minimum absolute atomic E-state index is 0.127. The van der Waals surface area contributed by atoms with Gasteiger partial charge < -0.3 is 15.5 Å². The summed E-state index contributed by atoms with van der Waals surface area (Å²) in [6.07, 6.45) is 5.05. The van der Waals surface area contributed by atoms with Gasteiger partial charge in [-0.15, -0.1) is 6.42 Å². The Hall–Kier alpha value is -1.37. The van der Waals surface area contributed by atoms with Crippen LogP contribution in [0.15, 0.2) is 12.1 Å². The molecule has 14 heavy (non-hydrogen) atoms. The number of phenols is 2. The first kappa shape index (κ1) is 10.7. The van der Waals surface area contributed by atoms with Crippen molar-refractivity contribution in [1.82, 2.24) is 5.32 Å². The molecule has 0 fully saturated rings. The van der Waals surface area contributed by atoms with Gasteiger partial charge in [0.1, 0.15) is 0 Å². The number of rotatable bonds is 3. The number of halogens is 1. The number of benzene rings is 1. The standard InChI is InChI=1S/C10H10ClNO2/c1-2-3-12-6-7-4-8(11)10(14)9(13)5-7/h1,4-5,12-14H,3,6H2. The lowest BCUT2D eigenvalue weighted by Gasteiger charge is -2.05. The minimum atomic E-state index is -0.299. The Labute approximate surface area is 87.3 Å². The molecule has 3 nitrogen and oxygen atoms in total. The van der Waals surface area contributed by atoms with E-state index in [1.165, 1.54) is 6.07 Å². The van der Waals surface area contributed by atoms with Crippen molar-refractivity contribution in [1.29, 1.82) is 0 Å². The number of phenolic OH excluding ortho intramolecular Hbond substituents is 2. The van der Waals surface area contributed by atoms with Crippen molar-refractivity contribution < 1.29 is 10.2 Å². The Bertz CT molecular complexity index is 348. The molecule has 0 aliphatic rings. The van der Waals surface area contributed by atoms with Crippen LogP contribution >= 0.6 is 11.6 Å². The largest absolute Gasteiger partial charge is 0.504 e. The predicted octanol–water partition coefficient (Wildman–Crippen LogP) is 1.47. The molecule has 1 rings (SSSR count). The lowest BCUT2D eigenvalue weighted by Crippen LogP contribution is -2.12. The second-order valence-electron chi connectivity index (χ2n) is 2.75. The maximum atomic E-state index is 9.23. The van der Waals surface area contributed by atoms with Gasteiger partial charge in [-0.3, -0.25) is 0 Å². The summed E-state index contributed by atoms with van der Waals surface area (Å²) in [6.45, 7) is 0.941. The van der Waals surface area contributed by atoms with E-state index in [4.69, 9.17) is 23.1 Å². The van der Waals surface area contributed by atoms with Gasteiger partial charge >= 0.3 is 0 Å². The van der Waals surface area contributed by atoms with E-state index in [1.54, 1.807) is 6.07 Å². The fourth-order valence-corrected chi connectivity index (χ4v) is 1.26. The first-order chi connectivity index (χ1) is 6.65. The number of aromatic hydroxyl groups is 2. The lowest BCUT2D eigenvalue weighted by atomic mass is 10.2. The van der Waals surface area contributed by atoms with Gasteiger partial charge in [-0.05, 0) is 17.7 Å². The topological polar surface area (TPSA) is 52.5 Å². The van der Waals surface area contributed by atoms with Crippen molar-refractivity contribution in [2.75, 3.05) is 6.54 Å². The molecule has 74 valence electrons. The molecule has 0 spiro atoms. The first-order valence-electron chi connectivity index (χ1n) is 3.99. The van der Waals surface area contributed by atoms with Crippen LogP contribution < -0.4 is 5.32 Å². The zero-order valence-corrected chi connectivity index (χ0v) is 8.17. The van der Waals surface area contributed by atoms with Crippen molar-refractivity contribution in [3.8, 4) is 23.8 Å². The van der Waals surface area contributed by atoms with Gasteiger partial charge in [-0.1, -0.05) is 17.5 Å². The van der Waals surface area contributed by atoms with Crippen molar-refractivity contribution in [2.24, 2.45) is 0 Å². The third-order valence-electron chi connectivity index (χ3n) is 1.66. The Morgan fingerprint density at radius 2 is 2.14 bits per heavy atom. The summed E-state index contributed by atoms with van der Waals surface area (Å²) >= 11 is 5.65. The molecule has 0 heterocycles. The van der Waals surface area contributed by atoms with Crippen LogP contribution in [0.2, 0.25) is 5.02 Å². The van der Waals surface area contributed by atoms with Gasteiger partial charge in [0.05, 0.1) is 11.6 Å². The van der Waals surface area contributed by atoms with Gasteiger partial charge in [-0.2, -0.15) is 0 Å². The van der Waals surface area contributed by atoms with Gasteiger partial charge in [0, 0.05) is 6.54 Å². The summed E-state index contributed by atoms with van der Waals surface area (Å²) in [5.74, 6) is 1.90. The summed E-state index contributed by atoms with van der Waals surface area (Å²) in [5, 5.41) is 21.5. The van der Waals surface area contributed by atoms with Crippen LogP contribution in [0, 0.1) is 12.3 Å². The van der Waals surface area contributed by atoms with Crippen LogP contribution in [0.3, 0.4) is 0 Å². The van der Waals surface area contributed by atoms with Crippen molar-refractivity contribution in [3.63, 3.8) is 0 Å². The minimum Gasteiger partial charge on any atom is -0.504 e. The van der Waals surface area contributed by atoms with Gasteiger partial charge in [0.2, 0.25) is 0 Å². The lowest BCUT2D eigenvalue weighted by molar-refractivity contribution is 0.403. The highest BCUT2D eigenvalue weighted by atomic mass is 35.5. The number of hydrogen-bond donors (Lipinski definition) is 3. The van der Waals surface area contributed by atoms with Crippen LogP contribution in [-0.4, -0.2) is 16.8 Å². The SMILES string of the molecule is C#CCNCc1cc(O)c(O)c(Cl)c1. The van der Waals surface area contributed by atoms with Crippen molar-refractivity contribution >= 4 is 11.6 Å². The molecule has 4 heteroatoms. The van der Waals surface area contributed by atoms with Gasteiger partial charge in [-0.25, -0.2) is 0 Å². The van der Waals surface area contributed by atoms with Crippen LogP contribution in [0.1, 0.15) is 5.56 Å². The summed E-state index contributed by atoms with van der Waals surface area (Å²) in [7, 11) is 0. The molecule has 0 aliphatic carbocycles. The Morgan fingerprint density at radius 3 is 2.71 bits per heavy atom. The molecule has 0 radical (unpaired) electrons. The zero-order valence-electron chi connectivity index (χ0n) is 7.42. The van der Waals surface area contributed by atoms with Gasteiger partial charge in [0.25, 0.3) is 0 Å². The molecular weight excluding hydrogens is 202 g/mol. The highest BCUT2D eigenvalue weighted by Gasteiger charge is 2.06. The molecule has 0 amide bonds. The monoisotopic (exact) mass is 211 g/mol.